The molecule has 2 rings (SSSR count). The lowest BCUT2D eigenvalue weighted by Gasteiger charge is -2.21. The average Bonchev–Trinajstić information content (AvgIpc) is 3.01. The van der Waals surface area contributed by atoms with Crippen LogP contribution in [0.25, 0.3) is 0 Å². The van der Waals surface area contributed by atoms with Gasteiger partial charge in [0.05, 0.1) is 0 Å². The maximum absolute atomic E-state index is 3.71. The number of hydrogen-bond acceptors (Lipinski definition) is 3. The lowest BCUT2D eigenvalue weighted by atomic mass is 10.00. The van der Waals surface area contributed by atoms with Gasteiger partial charge in [-0.25, -0.2) is 0 Å². The van der Waals surface area contributed by atoms with Crippen molar-refractivity contribution in [2.75, 3.05) is 12.8 Å². The molecular weight excluding hydrogens is 282 g/mol. The van der Waals surface area contributed by atoms with Crippen LogP contribution in [0.1, 0.15) is 36.9 Å². The highest BCUT2D eigenvalue weighted by Gasteiger charge is 2.14. The van der Waals surface area contributed by atoms with Crippen molar-refractivity contribution in [2.45, 2.75) is 37.1 Å². The van der Waals surface area contributed by atoms with Gasteiger partial charge in [-0.2, -0.15) is 11.3 Å². The molecule has 0 spiro atoms. The standard InChI is InChI=1S/C17H23NS2/c1-3-11-18-16(9-8-14-10-12-20-13-14)15-6-4-5-7-17(15)19-2/h4-7,10,12-13,16,18H,3,8-9,11H2,1-2H3. The molecular formula is C17H23NS2. The van der Waals surface area contributed by atoms with Gasteiger partial charge in [0, 0.05) is 10.9 Å². The summed E-state index contributed by atoms with van der Waals surface area (Å²) in [6.45, 7) is 3.31. The number of thiophene rings is 1. The van der Waals surface area contributed by atoms with Crippen LogP contribution in [0.3, 0.4) is 0 Å². The quantitative estimate of drug-likeness (QED) is 0.677. The van der Waals surface area contributed by atoms with Crippen LogP contribution in [0, 0.1) is 0 Å². The Balaban J connectivity index is 2.09. The van der Waals surface area contributed by atoms with Crippen LogP contribution in [0.5, 0.6) is 0 Å². The molecule has 2 aromatic rings. The van der Waals surface area contributed by atoms with Gasteiger partial charge in [-0.3, -0.25) is 0 Å². The maximum atomic E-state index is 3.71. The van der Waals surface area contributed by atoms with E-state index >= 15 is 0 Å². The molecule has 1 atom stereocenters. The van der Waals surface area contributed by atoms with Crippen molar-refractivity contribution in [2.24, 2.45) is 0 Å². The average molecular weight is 306 g/mol. The summed E-state index contributed by atoms with van der Waals surface area (Å²) >= 11 is 3.63. The molecule has 0 fully saturated rings. The van der Waals surface area contributed by atoms with Crippen molar-refractivity contribution in [3.8, 4) is 0 Å². The van der Waals surface area contributed by atoms with E-state index in [1.54, 1.807) is 11.3 Å². The fourth-order valence-electron chi connectivity index (χ4n) is 2.39. The monoisotopic (exact) mass is 305 g/mol. The normalized spacial score (nSPS) is 12.5. The first-order valence-electron chi connectivity index (χ1n) is 7.22. The lowest BCUT2D eigenvalue weighted by Crippen LogP contribution is -2.23. The Labute approximate surface area is 130 Å². The van der Waals surface area contributed by atoms with Gasteiger partial charge >= 0.3 is 0 Å². The zero-order valence-electron chi connectivity index (χ0n) is 12.3. The molecule has 1 unspecified atom stereocenters. The van der Waals surface area contributed by atoms with Gasteiger partial charge in [-0.1, -0.05) is 25.1 Å². The third kappa shape index (κ3) is 4.37. The minimum absolute atomic E-state index is 0.457. The topological polar surface area (TPSA) is 12.0 Å². The Hall–Kier alpha value is -0.770. The molecule has 0 amide bonds. The van der Waals surface area contributed by atoms with Crippen molar-refractivity contribution in [1.82, 2.24) is 5.32 Å². The van der Waals surface area contributed by atoms with Crippen molar-refractivity contribution in [3.63, 3.8) is 0 Å². The Kier molecular flexibility index (Phi) is 6.64. The van der Waals surface area contributed by atoms with Crippen LogP contribution >= 0.6 is 23.1 Å². The van der Waals surface area contributed by atoms with Gasteiger partial charge < -0.3 is 5.32 Å². The Bertz CT molecular complexity index is 493. The van der Waals surface area contributed by atoms with Crippen molar-refractivity contribution >= 4 is 23.1 Å². The first kappa shape index (κ1) is 15.6. The molecule has 1 heterocycles. The number of nitrogens with one attached hydrogen (secondary N) is 1. The second-order valence-electron chi connectivity index (χ2n) is 4.92. The number of thioether (sulfide) groups is 1. The molecule has 108 valence electrons. The van der Waals surface area contributed by atoms with Crippen molar-refractivity contribution in [1.29, 1.82) is 0 Å². The van der Waals surface area contributed by atoms with Crippen LogP contribution in [-0.4, -0.2) is 12.8 Å². The van der Waals surface area contributed by atoms with E-state index in [4.69, 9.17) is 0 Å². The Morgan fingerprint density at radius 1 is 1.25 bits per heavy atom. The van der Waals surface area contributed by atoms with E-state index < -0.39 is 0 Å². The van der Waals surface area contributed by atoms with E-state index in [0.29, 0.717) is 6.04 Å². The number of hydrogen-bond donors (Lipinski definition) is 1. The summed E-state index contributed by atoms with van der Waals surface area (Å²) in [7, 11) is 0. The third-order valence-electron chi connectivity index (χ3n) is 3.46. The molecule has 0 bridgehead atoms. The van der Waals surface area contributed by atoms with E-state index in [-0.39, 0.29) is 0 Å². The van der Waals surface area contributed by atoms with E-state index in [9.17, 15) is 0 Å². The minimum Gasteiger partial charge on any atom is -0.310 e. The Morgan fingerprint density at radius 3 is 2.80 bits per heavy atom. The second-order valence-corrected chi connectivity index (χ2v) is 6.55. The third-order valence-corrected chi connectivity index (χ3v) is 5.00. The summed E-state index contributed by atoms with van der Waals surface area (Å²) < 4.78 is 0. The fourth-order valence-corrected chi connectivity index (χ4v) is 3.75. The molecule has 0 saturated carbocycles. The molecule has 0 radical (unpaired) electrons. The van der Waals surface area contributed by atoms with Crippen LogP contribution in [0.4, 0.5) is 0 Å². The zero-order valence-corrected chi connectivity index (χ0v) is 13.9. The van der Waals surface area contributed by atoms with Gasteiger partial charge in [0.1, 0.15) is 0 Å². The molecule has 0 aliphatic rings. The van der Waals surface area contributed by atoms with Gasteiger partial charge in [-0.05, 0) is 66.1 Å². The summed E-state index contributed by atoms with van der Waals surface area (Å²) in [5, 5.41) is 8.14. The lowest BCUT2D eigenvalue weighted by molar-refractivity contribution is 0.493. The van der Waals surface area contributed by atoms with Crippen molar-refractivity contribution in [3.05, 3.63) is 52.2 Å². The first-order valence-corrected chi connectivity index (χ1v) is 9.39. The summed E-state index contributed by atoms with van der Waals surface area (Å²) in [4.78, 5) is 1.39. The number of aryl methyl sites for hydroxylation is 1. The molecule has 0 aliphatic heterocycles. The van der Waals surface area contributed by atoms with E-state index in [1.807, 2.05) is 11.8 Å². The molecule has 0 saturated heterocycles. The molecule has 3 heteroatoms. The minimum atomic E-state index is 0.457. The summed E-state index contributed by atoms with van der Waals surface area (Å²) in [6, 6.07) is 11.5. The largest absolute Gasteiger partial charge is 0.310 e. The SMILES string of the molecule is CCCNC(CCc1ccsc1)c1ccccc1SC. The summed E-state index contributed by atoms with van der Waals surface area (Å²) in [5.74, 6) is 0. The van der Waals surface area contributed by atoms with Gasteiger partial charge in [0.2, 0.25) is 0 Å². The van der Waals surface area contributed by atoms with E-state index in [2.05, 4.69) is 59.6 Å². The van der Waals surface area contributed by atoms with Gasteiger partial charge in [0.15, 0.2) is 0 Å². The summed E-state index contributed by atoms with van der Waals surface area (Å²) in [6.07, 6.45) is 5.65. The summed E-state index contributed by atoms with van der Waals surface area (Å²) in [5.41, 5.74) is 2.91. The predicted molar refractivity (Wildman–Crippen MR) is 91.9 cm³/mol. The van der Waals surface area contributed by atoms with E-state index in [0.717, 1.165) is 19.4 Å². The number of rotatable bonds is 8. The van der Waals surface area contributed by atoms with Gasteiger partial charge in [-0.15, -0.1) is 11.8 Å². The van der Waals surface area contributed by atoms with Gasteiger partial charge in [0.25, 0.3) is 0 Å². The predicted octanol–water partition coefficient (Wildman–Crippen LogP) is 5.14. The highest BCUT2D eigenvalue weighted by molar-refractivity contribution is 7.98. The maximum Gasteiger partial charge on any atom is 0.0334 e. The molecule has 0 aliphatic carbocycles. The molecule has 1 aromatic carbocycles. The van der Waals surface area contributed by atoms with Crippen LogP contribution in [-0.2, 0) is 6.42 Å². The number of benzene rings is 1. The van der Waals surface area contributed by atoms with Crippen molar-refractivity contribution < 1.29 is 0 Å². The second kappa shape index (κ2) is 8.50. The van der Waals surface area contributed by atoms with Crippen LogP contribution < -0.4 is 5.32 Å². The zero-order chi connectivity index (χ0) is 14.2. The highest BCUT2D eigenvalue weighted by Crippen LogP contribution is 2.28. The van der Waals surface area contributed by atoms with Crippen LogP contribution in [0.2, 0.25) is 0 Å². The smallest absolute Gasteiger partial charge is 0.0334 e. The van der Waals surface area contributed by atoms with E-state index in [1.165, 1.54) is 22.4 Å². The fraction of sp³-hybridized carbons (Fsp3) is 0.412. The molecule has 1 aromatic heterocycles. The first-order chi connectivity index (χ1) is 9.85. The molecule has 20 heavy (non-hydrogen) atoms. The van der Waals surface area contributed by atoms with Crippen LogP contribution in [0.15, 0.2) is 46.0 Å². The Morgan fingerprint density at radius 2 is 2.10 bits per heavy atom. The molecule has 1 nitrogen and oxygen atoms in total. The highest BCUT2D eigenvalue weighted by atomic mass is 32.2. The molecule has 1 N–H and O–H groups in total.